The molecule has 0 radical (unpaired) electrons. The summed E-state index contributed by atoms with van der Waals surface area (Å²) in [4.78, 5) is 0.0576. The van der Waals surface area contributed by atoms with Crippen LogP contribution in [0.15, 0.2) is 41.3 Å². The first-order chi connectivity index (χ1) is 10.2. The van der Waals surface area contributed by atoms with Crippen LogP contribution in [0.5, 0.6) is 0 Å². The van der Waals surface area contributed by atoms with Gasteiger partial charge in [0, 0.05) is 6.04 Å². The molecule has 0 unspecified atom stereocenters. The van der Waals surface area contributed by atoms with E-state index in [1.807, 2.05) is 32.9 Å². The summed E-state index contributed by atoms with van der Waals surface area (Å²) in [6, 6.07) is 8.49. The van der Waals surface area contributed by atoms with E-state index >= 15 is 0 Å². The molecule has 3 nitrogen and oxygen atoms in total. The van der Waals surface area contributed by atoms with E-state index in [-0.39, 0.29) is 10.9 Å². The van der Waals surface area contributed by atoms with E-state index in [1.165, 1.54) is 17.7 Å². The largest absolute Gasteiger partial charge is 0.241 e. The smallest absolute Gasteiger partial charge is 0.207 e. The third kappa shape index (κ3) is 3.54. The number of hydrogen-bond donors (Lipinski definition) is 1. The lowest BCUT2D eigenvalue weighted by Crippen LogP contribution is -2.27. The monoisotopic (exact) mass is 321 g/mol. The summed E-state index contributed by atoms with van der Waals surface area (Å²) in [6.45, 7) is 7.79. The van der Waals surface area contributed by atoms with Crippen LogP contribution in [0.25, 0.3) is 0 Å². The Bertz CT molecular complexity index is 783. The van der Waals surface area contributed by atoms with Crippen LogP contribution in [-0.2, 0) is 10.0 Å². The van der Waals surface area contributed by atoms with Gasteiger partial charge in [-0.1, -0.05) is 12.1 Å². The second-order valence-corrected chi connectivity index (χ2v) is 7.30. The molecule has 1 N–H and O–H groups in total. The molecule has 0 amide bonds. The lowest BCUT2D eigenvalue weighted by Gasteiger charge is -2.18. The summed E-state index contributed by atoms with van der Waals surface area (Å²) in [7, 11) is -3.68. The van der Waals surface area contributed by atoms with Crippen LogP contribution in [0.3, 0.4) is 0 Å². The van der Waals surface area contributed by atoms with Gasteiger partial charge in [-0.05, 0) is 74.2 Å². The lowest BCUT2D eigenvalue weighted by molar-refractivity contribution is 0.565. The van der Waals surface area contributed by atoms with Crippen molar-refractivity contribution >= 4 is 10.0 Å². The summed E-state index contributed by atoms with van der Waals surface area (Å²) in [6.07, 6.45) is 0. The molecular weight excluding hydrogens is 301 g/mol. The average molecular weight is 321 g/mol. The van der Waals surface area contributed by atoms with Gasteiger partial charge in [-0.25, -0.2) is 17.5 Å². The Hall–Kier alpha value is -1.72. The van der Waals surface area contributed by atoms with Crippen molar-refractivity contribution in [1.82, 2.24) is 4.72 Å². The van der Waals surface area contributed by atoms with E-state index in [9.17, 15) is 12.8 Å². The molecular formula is C17H20FNO2S. The molecule has 0 spiro atoms. The molecule has 0 bridgehead atoms. The molecule has 0 aliphatic rings. The normalized spacial score (nSPS) is 13.1. The molecule has 0 saturated carbocycles. The minimum atomic E-state index is -3.68. The Morgan fingerprint density at radius 3 is 2.09 bits per heavy atom. The standard InChI is InChI=1S/C17H20FNO2S/c1-11-9-13(3)17(10-12(11)2)14(4)19-22(20,21)16-7-5-15(18)6-8-16/h5-10,14,19H,1-4H3/t14-/m1/s1. The number of rotatable bonds is 4. The van der Waals surface area contributed by atoms with Gasteiger partial charge in [0.05, 0.1) is 4.90 Å². The van der Waals surface area contributed by atoms with Gasteiger partial charge in [0.25, 0.3) is 0 Å². The van der Waals surface area contributed by atoms with E-state index in [0.29, 0.717) is 0 Å². The minimum Gasteiger partial charge on any atom is -0.207 e. The Labute approximate surface area is 131 Å². The second kappa shape index (κ2) is 6.18. The highest BCUT2D eigenvalue weighted by Crippen LogP contribution is 2.23. The third-order valence-electron chi connectivity index (χ3n) is 3.80. The Kier molecular flexibility index (Phi) is 4.68. The van der Waals surface area contributed by atoms with Crippen LogP contribution in [0.1, 0.15) is 35.2 Å². The van der Waals surface area contributed by atoms with Gasteiger partial charge in [0.1, 0.15) is 5.82 Å². The molecule has 0 saturated heterocycles. The SMILES string of the molecule is Cc1cc(C)c([C@@H](C)NS(=O)(=O)c2ccc(F)cc2)cc1C. The van der Waals surface area contributed by atoms with E-state index in [1.54, 1.807) is 6.92 Å². The number of halogens is 1. The topological polar surface area (TPSA) is 46.2 Å². The van der Waals surface area contributed by atoms with Gasteiger partial charge < -0.3 is 0 Å². The zero-order valence-corrected chi connectivity index (χ0v) is 14.0. The van der Waals surface area contributed by atoms with Crippen LogP contribution >= 0.6 is 0 Å². The summed E-state index contributed by atoms with van der Waals surface area (Å²) in [5, 5.41) is 0. The first-order valence-electron chi connectivity index (χ1n) is 7.06. The third-order valence-corrected chi connectivity index (χ3v) is 5.36. The molecule has 5 heteroatoms. The Balaban J connectivity index is 2.30. The molecule has 1 atom stereocenters. The fraction of sp³-hybridized carbons (Fsp3) is 0.294. The van der Waals surface area contributed by atoms with Gasteiger partial charge >= 0.3 is 0 Å². The molecule has 118 valence electrons. The molecule has 2 rings (SSSR count). The van der Waals surface area contributed by atoms with Crippen molar-refractivity contribution in [2.45, 2.75) is 38.6 Å². The van der Waals surface area contributed by atoms with Gasteiger partial charge in [-0.15, -0.1) is 0 Å². The fourth-order valence-corrected chi connectivity index (χ4v) is 3.65. The zero-order chi connectivity index (χ0) is 16.5. The van der Waals surface area contributed by atoms with Gasteiger partial charge in [0.2, 0.25) is 10.0 Å². The fourth-order valence-electron chi connectivity index (χ4n) is 2.43. The molecule has 0 fully saturated rings. The van der Waals surface area contributed by atoms with Crippen LogP contribution in [0, 0.1) is 26.6 Å². The number of benzene rings is 2. The van der Waals surface area contributed by atoms with Crippen LogP contribution in [0.4, 0.5) is 4.39 Å². The predicted molar refractivity (Wildman–Crippen MR) is 85.8 cm³/mol. The molecule has 0 heterocycles. The molecule has 2 aromatic rings. The summed E-state index contributed by atoms with van der Waals surface area (Å²) >= 11 is 0. The average Bonchev–Trinajstić information content (AvgIpc) is 2.42. The maximum atomic E-state index is 12.9. The maximum Gasteiger partial charge on any atom is 0.241 e. The second-order valence-electron chi connectivity index (χ2n) is 5.59. The van der Waals surface area contributed by atoms with Crippen molar-refractivity contribution in [3.63, 3.8) is 0 Å². The van der Waals surface area contributed by atoms with Crippen LogP contribution in [-0.4, -0.2) is 8.42 Å². The zero-order valence-electron chi connectivity index (χ0n) is 13.1. The summed E-state index contributed by atoms with van der Waals surface area (Å²) in [5.41, 5.74) is 4.27. The van der Waals surface area contributed by atoms with Gasteiger partial charge in [-0.2, -0.15) is 0 Å². The minimum absolute atomic E-state index is 0.0576. The Morgan fingerprint density at radius 1 is 0.955 bits per heavy atom. The number of aryl methyl sites for hydroxylation is 3. The van der Waals surface area contributed by atoms with E-state index in [2.05, 4.69) is 4.72 Å². The molecule has 2 aromatic carbocycles. The van der Waals surface area contributed by atoms with Crippen molar-refractivity contribution < 1.29 is 12.8 Å². The molecule has 0 aliphatic heterocycles. The first-order valence-corrected chi connectivity index (χ1v) is 8.54. The highest BCUT2D eigenvalue weighted by molar-refractivity contribution is 7.89. The molecule has 22 heavy (non-hydrogen) atoms. The van der Waals surface area contributed by atoms with E-state index in [4.69, 9.17) is 0 Å². The Morgan fingerprint density at radius 2 is 1.50 bits per heavy atom. The van der Waals surface area contributed by atoms with E-state index in [0.717, 1.165) is 28.8 Å². The van der Waals surface area contributed by atoms with Crippen molar-refractivity contribution in [3.05, 3.63) is 64.5 Å². The van der Waals surface area contributed by atoms with Crippen molar-refractivity contribution in [1.29, 1.82) is 0 Å². The number of nitrogens with one attached hydrogen (secondary N) is 1. The van der Waals surface area contributed by atoms with E-state index < -0.39 is 15.8 Å². The maximum absolute atomic E-state index is 12.9. The highest BCUT2D eigenvalue weighted by Gasteiger charge is 2.19. The lowest BCUT2D eigenvalue weighted by atomic mass is 9.97. The molecule has 0 aliphatic carbocycles. The van der Waals surface area contributed by atoms with Gasteiger partial charge in [-0.3, -0.25) is 0 Å². The predicted octanol–water partition coefficient (Wildman–Crippen LogP) is 3.79. The number of sulfonamides is 1. The first kappa shape index (κ1) is 16.6. The summed E-state index contributed by atoms with van der Waals surface area (Å²) < 4.78 is 40.3. The van der Waals surface area contributed by atoms with Crippen molar-refractivity contribution in [2.24, 2.45) is 0 Å². The molecule has 0 aromatic heterocycles. The highest BCUT2D eigenvalue weighted by atomic mass is 32.2. The van der Waals surface area contributed by atoms with Crippen LogP contribution < -0.4 is 4.72 Å². The van der Waals surface area contributed by atoms with Crippen LogP contribution in [0.2, 0.25) is 0 Å². The number of hydrogen-bond acceptors (Lipinski definition) is 2. The van der Waals surface area contributed by atoms with Gasteiger partial charge in [0.15, 0.2) is 0 Å². The summed E-state index contributed by atoms with van der Waals surface area (Å²) in [5.74, 6) is -0.461. The van der Waals surface area contributed by atoms with Crippen molar-refractivity contribution in [2.75, 3.05) is 0 Å². The van der Waals surface area contributed by atoms with Crippen molar-refractivity contribution in [3.8, 4) is 0 Å². The quantitative estimate of drug-likeness (QED) is 0.931.